The molecule has 5 heterocycles. The van der Waals surface area contributed by atoms with Crippen LogP contribution >= 0.6 is 0 Å². The molecule has 1 fully saturated rings. The molecule has 0 radical (unpaired) electrons. The van der Waals surface area contributed by atoms with E-state index in [0.717, 1.165) is 39.4 Å². The van der Waals surface area contributed by atoms with Crippen molar-refractivity contribution in [1.82, 2.24) is 19.9 Å². The largest absolute Gasteiger partial charge is 0.453 e. The van der Waals surface area contributed by atoms with Gasteiger partial charge >= 0.3 is 6.09 Å². The van der Waals surface area contributed by atoms with E-state index in [2.05, 4.69) is 14.7 Å². The molecule has 2 aliphatic heterocycles. The smallest absolute Gasteiger partial charge is 0.409 e. The van der Waals surface area contributed by atoms with E-state index >= 15 is 0 Å². The van der Waals surface area contributed by atoms with Gasteiger partial charge in [-0.25, -0.2) is 18.2 Å². The first-order valence-electron chi connectivity index (χ1n) is 13.1. The summed E-state index contributed by atoms with van der Waals surface area (Å²) in [6.45, 7) is 1.02. The van der Waals surface area contributed by atoms with Crippen LogP contribution in [0.5, 0.6) is 0 Å². The summed E-state index contributed by atoms with van der Waals surface area (Å²) in [6, 6.07) is 13.1. The molecule has 1 aromatic carbocycles. The summed E-state index contributed by atoms with van der Waals surface area (Å²) in [6.07, 6.45) is 8.43. The van der Waals surface area contributed by atoms with E-state index in [-0.39, 0.29) is 18.3 Å². The monoisotopic (exact) mass is 572 g/mol. The van der Waals surface area contributed by atoms with Crippen LogP contribution in [-0.4, -0.2) is 66.7 Å². The summed E-state index contributed by atoms with van der Waals surface area (Å²) < 4.78 is 30.6. The quantitative estimate of drug-likeness (QED) is 0.383. The number of methoxy groups -OCH3 is 1. The van der Waals surface area contributed by atoms with Gasteiger partial charge in [0.2, 0.25) is 15.9 Å². The molecule has 2 amide bonds. The third kappa shape index (κ3) is 4.73. The first-order valence-corrected chi connectivity index (χ1v) is 15.0. The Hall–Kier alpha value is -4.58. The lowest BCUT2D eigenvalue weighted by atomic mass is 9.74. The van der Waals surface area contributed by atoms with Crippen molar-refractivity contribution in [2.24, 2.45) is 0 Å². The summed E-state index contributed by atoms with van der Waals surface area (Å²) in [7, 11) is -2.12. The minimum absolute atomic E-state index is 0.0447. The van der Waals surface area contributed by atoms with Crippen LogP contribution in [0.25, 0.3) is 21.9 Å². The van der Waals surface area contributed by atoms with E-state index in [1.807, 2.05) is 30.3 Å². The van der Waals surface area contributed by atoms with Crippen molar-refractivity contribution in [3.8, 4) is 11.1 Å². The molecule has 210 valence electrons. The Bertz CT molecular complexity index is 1770. The van der Waals surface area contributed by atoms with E-state index in [9.17, 15) is 18.0 Å². The lowest BCUT2D eigenvalue weighted by Crippen LogP contribution is -2.50. The number of hydrogen-bond donors (Lipinski definition) is 1. The first-order chi connectivity index (χ1) is 19.7. The highest BCUT2D eigenvalue weighted by Gasteiger charge is 2.52. The van der Waals surface area contributed by atoms with Gasteiger partial charge in [0.05, 0.1) is 42.9 Å². The van der Waals surface area contributed by atoms with Crippen molar-refractivity contribution in [2.75, 3.05) is 36.1 Å². The average molecular weight is 573 g/mol. The predicted molar refractivity (Wildman–Crippen MR) is 154 cm³/mol. The molecule has 41 heavy (non-hydrogen) atoms. The van der Waals surface area contributed by atoms with Crippen molar-refractivity contribution in [1.29, 1.82) is 0 Å². The van der Waals surface area contributed by atoms with Crippen molar-refractivity contribution >= 4 is 44.3 Å². The number of piperidine rings is 1. The molecule has 2 aliphatic rings. The van der Waals surface area contributed by atoms with E-state index in [4.69, 9.17) is 9.72 Å². The lowest BCUT2D eigenvalue weighted by Gasteiger charge is -2.37. The molecular formula is C29H28N6O5S. The average Bonchev–Trinajstić information content (AvgIpc) is 3.19. The second-order valence-corrected chi connectivity index (χ2v) is 12.0. The molecule has 0 atom stereocenters. The zero-order chi connectivity index (χ0) is 28.8. The summed E-state index contributed by atoms with van der Waals surface area (Å²) in [5.74, 6) is 0.165. The highest BCUT2D eigenvalue weighted by atomic mass is 32.2. The summed E-state index contributed by atoms with van der Waals surface area (Å²) in [5, 5.41) is 1.85. The van der Waals surface area contributed by atoms with Crippen LogP contribution in [0.3, 0.4) is 0 Å². The van der Waals surface area contributed by atoms with Crippen LogP contribution in [0.2, 0.25) is 0 Å². The van der Waals surface area contributed by atoms with Crippen LogP contribution < -0.4 is 9.62 Å². The molecule has 1 N–H and O–H groups in total. The van der Waals surface area contributed by atoms with Crippen LogP contribution in [0, 0.1) is 0 Å². The molecule has 0 saturated carbocycles. The van der Waals surface area contributed by atoms with Gasteiger partial charge in [0.15, 0.2) is 0 Å². The van der Waals surface area contributed by atoms with Crippen molar-refractivity contribution in [3.05, 3.63) is 78.5 Å². The number of ether oxygens (including phenoxy) is 1. The number of likely N-dealkylation sites (tertiary alicyclic amines) is 1. The molecule has 0 bridgehead atoms. The minimum Gasteiger partial charge on any atom is -0.453 e. The Labute approximate surface area is 237 Å². The molecule has 1 spiro atoms. The molecule has 4 aromatic rings. The van der Waals surface area contributed by atoms with Crippen LogP contribution in [0.15, 0.2) is 67.3 Å². The Kier molecular flexibility index (Phi) is 6.57. The maximum Gasteiger partial charge on any atom is 0.409 e. The van der Waals surface area contributed by atoms with E-state index < -0.39 is 21.5 Å². The molecule has 0 aliphatic carbocycles. The number of carbonyl (C=O) groups excluding carboxylic acids is 2. The number of rotatable bonds is 5. The predicted octanol–water partition coefficient (Wildman–Crippen LogP) is 3.71. The third-order valence-electron chi connectivity index (χ3n) is 7.84. The lowest BCUT2D eigenvalue weighted by molar-refractivity contribution is -0.124. The zero-order valence-corrected chi connectivity index (χ0v) is 23.4. The van der Waals surface area contributed by atoms with E-state index in [1.54, 1.807) is 46.7 Å². The normalized spacial score (nSPS) is 16.2. The van der Waals surface area contributed by atoms with Gasteiger partial charge in [0.1, 0.15) is 5.82 Å². The van der Waals surface area contributed by atoms with Gasteiger partial charge in [-0.1, -0.05) is 24.3 Å². The molecule has 1 saturated heterocycles. The number of fused-ring (bicyclic) bond motifs is 3. The first kappa shape index (κ1) is 26.6. The third-order valence-corrected chi connectivity index (χ3v) is 8.42. The highest BCUT2D eigenvalue weighted by molar-refractivity contribution is 7.92. The Balaban J connectivity index is 1.40. The van der Waals surface area contributed by atoms with Crippen molar-refractivity contribution in [2.45, 2.75) is 24.8 Å². The van der Waals surface area contributed by atoms with Gasteiger partial charge < -0.3 is 14.5 Å². The number of hydrogen-bond acceptors (Lipinski definition) is 8. The van der Waals surface area contributed by atoms with Crippen LogP contribution in [-0.2, 0) is 31.5 Å². The number of benzene rings is 1. The molecule has 0 unspecified atom stereocenters. The van der Waals surface area contributed by atoms with Gasteiger partial charge in [-0.15, -0.1) is 0 Å². The second kappa shape index (κ2) is 10.1. The summed E-state index contributed by atoms with van der Waals surface area (Å²) in [5.41, 5.74) is 3.09. The zero-order valence-electron chi connectivity index (χ0n) is 22.6. The molecule has 3 aromatic heterocycles. The van der Waals surface area contributed by atoms with Crippen molar-refractivity contribution < 1.29 is 22.7 Å². The maximum absolute atomic E-state index is 14.2. The fourth-order valence-corrected chi connectivity index (χ4v) is 6.42. The number of pyridine rings is 3. The fourth-order valence-electron chi connectivity index (χ4n) is 5.92. The molecule has 11 nitrogen and oxygen atoms in total. The second-order valence-electron chi connectivity index (χ2n) is 10.3. The minimum atomic E-state index is -3.47. The standard InChI is InChI=1S/C29H28N6O5S/c1-40-28(37)34-13-10-29(11-14-34)22-9-12-30-17-24(22)35(27(29)36)18-23-26(21-6-4-3-5-19(21)15-31-23)20-7-8-25(32-16-20)33-41(2,38)39/h3-9,12,15-17H,10-11,13-14,18H2,1-2H3,(H,32,33). The van der Waals surface area contributed by atoms with Crippen LogP contribution in [0.1, 0.15) is 24.1 Å². The van der Waals surface area contributed by atoms with Crippen molar-refractivity contribution in [3.63, 3.8) is 0 Å². The number of carbonyl (C=O) groups is 2. The summed E-state index contributed by atoms with van der Waals surface area (Å²) in [4.78, 5) is 43.2. The fraction of sp³-hybridized carbons (Fsp3) is 0.276. The molecule has 12 heteroatoms. The maximum atomic E-state index is 14.2. The number of amides is 2. The van der Waals surface area contributed by atoms with Gasteiger partial charge in [0, 0.05) is 48.2 Å². The van der Waals surface area contributed by atoms with Gasteiger partial charge in [-0.3, -0.25) is 19.5 Å². The van der Waals surface area contributed by atoms with Crippen LogP contribution in [0.4, 0.5) is 16.3 Å². The number of nitrogens with one attached hydrogen (secondary N) is 1. The number of anilines is 2. The number of sulfonamides is 1. The Morgan fingerprint density at radius 3 is 2.54 bits per heavy atom. The Morgan fingerprint density at radius 1 is 1.05 bits per heavy atom. The highest BCUT2D eigenvalue weighted by Crippen LogP contribution is 2.48. The topological polar surface area (TPSA) is 135 Å². The summed E-state index contributed by atoms with van der Waals surface area (Å²) >= 11 is 0. The van der Waals surface area contributed by atoms with E-state index in [1.165, 1.54) is 7.11 Å². The van der Waals surface area contributed by atoms with Gasteiger partial charge in [-0.2, -0.15) is 0 Å². The SMILES string of the molecule is COC(=O)N1CCC2(CC1)C(=O)N(Cc1ncc3ccccc3c1-c1ccc(NS(C)(=O)=O)nc1)c1cnccc12. The Morgan fingerprint density at radius 2 is 1.83 bits per heavy atom. The number of aromatic nitrogens is 3. The van der Waals surface area contributed by atoms with Gasteiger partial charge in [-0.05, 0) is 42.0 Å². The van der Waals surface area contributed by atoms with Gasteiger partial charge in [0.25, 0.3) is 0 Å². The van der Waals surface area contributed by atoms with E-state index in [0.29, 0.717) is 31.6 Å². The molecule has 6 rings (SSSR count). The number of nitrogens with zero attached hydrogens (tertiary/aromatic N) is 5. The molecular weight excluding hydrogens is 544 g/mol.